The molecule has 5 aliphatic carbocycles. The second kappa shape index (κ2) is 10.9. The summed E-state index contributed by atoms with van der Waals surface area (Å²) in [6.07, 6.45) is 17.1. The highest BCUT2D eigenvalue weighted by atomic mass is 16.5. The number of amides is 1. The molecule has 5 heteroatoms. The molecule has 1 amide bonds. The zero-order valence-corrected chi connectivity index (χ0v) is 24.7. The van der Waals surface area contributed by atoms with Crippen molar-refractivity contribution in [2.24, 2.45) is 46.3 Å². The minimum absolute atomic E-state index is 0.00413. The quantitative estimate of drug-likeness (QED) is 0.315. The number of methoxy groups -OCH3 is 1. The van der Waals surface area contributed by atoms with Gasteiger partial charge in [-0.2, -0.15) is 0 Å². The molecule has 0 aliphatic heterocycles. The molecule has 0 aromatic carbocycles. The van der Waals surface area contributed by atoms with Crippen molar-refractivity contribution in [2.75, 3.05) is 14.2 Å². The summed E-state index contributed by atoms with van der Waals surface area (Å²) in [6, 6.07) is 0.258. The lowest BCUT2D eigenvalue weighted by Crippen LogP contribution is -2.50. The number of esters is 1. The standard InChI is InChI=1S/C33H53NO4/c1-21(6-15-30(36)34(4)24-10-7-22(8-11-24)31(37)38-5)27-13-14-28-26-12-9-23-20-25(35)16-18-32(23,2)29(26)17-19-33(27,28)3/h9,21-22,24-29,35H,6-8,10-20H2,1-5H3/t21-,22-,24+,25+,26+,27-,28+,29+,32+,33-/m1/s1. The van der Waals surface area contributed by atoms with Gasteiger partial charge in [0.15, 0.2) is 0 Å². The maximum atomic E-state index is 13.2. The Hall–Kier alpha value is -1.36. The summed E-state index contributed by atoms with van der Waals surface area (Å²) in [4.78, 5) is 27.0. The van der Waals surface area contributed by atoms with Gasteiger partial charge in [-0.15, -0.1) is 0 Å². The number of nitrogens with zero attached hydrogens (tertiary/aromatic N) is 1. The lowest BCUT2D eigenvalue weighted by Gasteiger charge is -2.58. The maximum Gasteiger partial charge on any atom is 0.308 e. The van der Waals surface area contributed by atoms with Crippen LogP contribution in [-0.2, 0) is 14.3 Å². The van der Waals surface area contributed by atoms with Gasteiger partial charge in [0.1, 0.15) is 0 Å². The van der Waals surface area contributed by atoms with Gasteiger partial charge in [-0.05, 0) is 124 Å². The Morgan fingerprint density at radius 2 is 1.79 bits per heavy atom. The predicted octanol–water partition coefficient (Wildman–Crippen LogP) is 6.53. The van der Waals surface area contributed by atoms with Gasteiger partial charge >= 0.3 is 5.97 Å². The van der Waals surface area contributed by atoms with Crippen molar-refractivity contribution in [3.05, 3.63) is 11.6 Å². The van der Waals surface area contributed by atoms with Crippen LogP contribution in [0.4, 0.5) is 0 Å². The van der Waals surface area contributed by atoms with Crippen LogP contribution < -0.4 is 0 Å². The molecule has 214 valence electrons. The van der Waals surface area contributed by atoms with Crippen LogP contribution in [0.15, 0.2) is 11.6 Å². The Labute approximate surface area is 231 Å². The summed E-state index contributed by atoms with van der Waals surface area (Å²) in [6.45, 7) is 7.53. The molecule has 4 fully saturated rings. The van der Waals surface area contributed by atoms with Crippen molar-refractivity contribution in [3.63, 3.8) is 0 Å². The molecule has 1 N–H and O–H groups in total. The Balaban J connectivity index is 1.16. The van der Waals surface area contributed by atoms with Crippen molar-refractivity contribution in [2.45, 2.75) is 123 Å². The smallest absolute Gasteiger partial charge is 0.308 e. The molecule has 0 radical (unpaired) electrons. The van der Waals surface area contributed by atoms with E-state index >= 15 is 0 Å². The van der Waals surface area contributed by atoms with Gasteiger partial charge in [0.25, 0.3) is 0 Å². The highest BCUT2D eigenvalue weighted by molar-refractivity contribution is 5.76. The van der Waals surface area contributed by atoms with E-state index in [1.807, 2.05) is 11.9 Å². The van der Waals surface area contributed by atoms with Crippen molar-refractivity contribution in [1.29, 1.82) is 0 Å². The van der Waals surface area contributed by atoms with Gasteiger partial charge in [-0.25, -0.2) is 0 Å². The number of carbonyl (C=O) groups excluding carboxylic acids is 2. The second-order valence-electron chi connectivity index (χ2n) is 14.4. The fraction of sp³-hybridized carbons (Fsp3) is 0.879. The Bertz CT molecular complexity index is 922. The molecule has 5 rings (SSSR count). The van der Waals surface area contributed by atoms with Crippen LogP contribution in [0, 0.1) is 46.3 Å². The van der Waals surface area contributed by atoms with Crippen molar-refractivity contribution < 1.29 is 19.4 Å². The van der Waals surface area contributed by atoms with E-state index in [0.29, 0.717) is 29.1 Å². The van der Waals surface area contributed by atoms with Crippen LogP contribution in [0.3, 0.4) is 0 Å². The highest BCUT2D eigenvalue weighted by Crippen LogP contribution is 2.67. The molecule has 4 saturated carbocycles. The summed E-state index contributed by atoms with van der Waals surface area (Å²) in [5, 5.41) is 10.3. The van der Waals surface area contributed by atoms with E-state index in [-0.39, 0.29) is 29.9 Å². The molecule has 0 aromatic rings. The number of aliphatic hydroxyl groups excluding tert-OH is 1. The topological polar surface area (TPSA) is 66.8 Å². The summed E-state index contributed by atoms with van der Waals surface area (Å²) in [5.74, 6) is 3.86. The number of fused-ring (bicyclic) bond motifs is 5. The number of hydrogen-bond donors (Lipinski definition) is 1. The van der Waals surface area contributed by atoms with E-state index < -0.39 is 0 Å². The molecule has 8 atom stereocenters. The lowest BCUT2D eigenvalue weighted by molar-refractivity contribution is -0.147. The van der Waals surface area contributed by atoms with Crippen LogP contribution in [0.2, 0.25) is 0 Å². The molecule has 0 spiro atoms. The maximum absolute atomic E-state index is 13.2. The van der Waals surface area contributed by atoms with E-state index in [2.05, 4.69) is 26.8 Å². The van der Waals surface area contributed by atoms with Gasteiger partial charge < -0.3 is 14.7 Å². The number of rotatable bonds is 6. The molecule has 0 saturated heterocycles. The van der Waals surface area contributed by atoms with E-state index in [4.69, 9.17) is 4.74 Å². The third-order valence-corrected chi connectivity index (χ3v) is 12.8. The number of carbonyl (C=O) groups is 2. The van der Waals surface area contributed by atoms with E-state index in [1.54, 1.807) is 5.57 Å². The average Bonchev–Trinajstić information content (AvgIpc) is 3.28. The Morgan fingerprint density at radius 3 is 2.50 bits per heavy atom. The van der Waals surface area contributed by atoms with Gasteiger partial charge in [0.05, 0.1) is 19.1 Å². The summed E-state index contributed by atoms with van der Waals surface area (Å²) in [5.41, 5.74) is 2.27. The van der Waals surface area contributed by atoms with E-state index in [0.717, 1.165) is 69.1 Å². The fourth-order valence-electron chi connectivity index (χ4n) is 10.4. The molecule has 0 unspecified atom stereocenters. The Kier molecular flexibility index (Phi) is 8.08. The lowest BCUT2D eigenvalue weighted by atomic mass is 9.47. The number of hydrogen-bond acceptors (Lipinski definition) is 4. The van der Waals surface area contributed by atoms with Crippen molar-refractivity contribution in [3.8, 4) is 0 Å². The van der Waals surface area contributed by atoms with Crippen LogP contribution >= 0.6 is 0 Å². The first kappa shape index (κ1) is 28.2. The first-order valence-electron chi connectivity index (χ1n) is 15.8. The minimum Gasteiger partial charge on any atom is -0.469 e. The third kappa shape index (κ3) is 4.88. The summed E-state index contributed by atoms with van der Waals surface area (Å²) >= 11 is 0. The van der Waals surface area contributed by atoms with Crippen LogP contribution in [-0.4, -0.2) is 48.2 Å². The van der Waals surface area contributed by atoms with Crippen LogP contribution in [0.1, 0.15) is 111 Å². The van der Waals surface area contributed by atoms with Crippen LogP contribution in [0.25, 0.3) is 0 Å². The molecular formula is C33H53NO4. The van der Waals surface area contributed by atoms with Crippen molar-refractivity contribution >= 4 is 11.9 Å². The normalized spacial score (nSPS) is 43.2. The Morgan fingerprint density at radius 1 is 1.05 bits per heavy atom. The van der Waals surface area contributed by atoms with E-state index in [9.17, 15) is 14.7 Å². The largest absolute Gasteiger partial charge is 0.469 e. The number of allylic oxidation sites excluding steroid dienone is 1. The second-order valence-corrected chi connectivity index (χ2v) is 14.4. The molecule has 5 nitrogen and oxygen atoms in total. The molecule has 0 bridgehead atoms. The highest BCUT2D eigenvalue weighted by Gasteiger charge is 2.59. The summed E-state index contributed by atoms with van der Waals surface area (Å²) in [7, 11) is 3.44. The summed E-state index contributed by atoms with van der Waals surface area (Å²) < 4.78 is 4.92. The molecule has 38 heavy (non-hydrogen) atoms. The number of ether oxygens (including phenoxy) is 1. The SMILES string of the molecule is COC(=O)[C@H]1CC[C@@H](N(C)C(=O)CC[C@@H](C)[C@H]2CC[C@H]3[C@@H]4CC=C5C[C@@H](O)CC[C@]5(C)[C@H]4CC[C@]23C)CC1. The van der Waals surface area contributed by atoms with Gasteiger partial charge in [-0.3, -0.25) is 9.59 Å². The molecule has 0 aromatic heterocycles. The average molecular weight is 528 g/mol. The first-order chi connectivity index (χ1) is 18.1. The van der Waals surface area contributed by atoms with Crippen molar-refractivity contribution in [1.82, 2.24) is 4.90 Å². The predicted molar refractivity (Wildman–Crippen MR) is 150 cm³/mol. The zero-order valence-electron chi connectivity index (χ0n) is 24.7. The van der Waals surface area contributed by atoms with Gasteiger partial charge in [-0.1, -0.05) is 32.4 Å². The zero-order chi connectivity index (χ0) is 27.2. The van der Waals surface area contributed by atoms with Gasteiger partial charge in [0, 0.05) is 19.5 Å². The fourth-order valence-corrected chi connectivity index (χ4v) is 10.4. The van der Waals surface area contributed by atoms with Gasteiger partial charge in [0.2, 0.25) is 5.91 Å². The molecule has 0 heterocycles. The third-order valence-electron chi connectivity index (χ3n) is 12.8. The first-order valence-corrected chi connectivity index (χ1v) is 15.8. The number of aliphatic hydroxyl groups is 1. The van der Waals surface area contributed by atoms with E-state index in [1.165, 1.54) is 39.2 Å². The molecule has 5 aliphatic rings. The minimum atomic E-state index is -0.131. The van der Waals surface area contributed by atoms with Crippen LogP contribution in [0.5, 0.6) is 0 Å². The molecular weight excluding hydrogens is 474 g/mol. The monoisotopic (exact) mass is 527 g/mol.